The van der Waals surface area contributed by atoms with Gasteiger partial charge in [0.15, 0.2) is 0 Å². The third kappa shape index (κ3) is 2.74. The smallest absolute Gasteiger partial charge is 0.126 e. The van der Waals surface area contributed by atoms with Crippen LogP contribution in [0.4, 0.5) is 10.1 Å². The minimum atomic E-state index is -0.690. The lowest BCUT2D eigenvalue weighted by Crippen LogP contribution is -2.37. The molecule has 1 saturated heterocycles. The van der Waals surface area contributed by atoms with Gasteiger partial charge in [-0.25, -0.2) is 4.39 Å². The maximum atomic E-state index is 13.7. The summed E-state index contributed by atoms with van der Waals surface area (Å²) >= 11 is 0. The molecule has 0 radical (unpaired) electrons. The summed E-state index contributed by atoms with van der Waals surface area (Å²) in [6.45, 7) is 6.20. The first kappa shape index (κ1) is 14.3. The number of aliphatic hydroxyl groups is 1. The highest BCUT2D eigenvalue weighted by Gasteiger charge is 2.29. The van der Waals surface area contributed by atoms with E-state index in [2.05, 4.69) is 4.90 Å². The van der Waals surface area contributed by atoms with E-state index in [1.807, 2.05) is 20.0 Å². The summed E-state index contributed by atoms with van der Waals surface area (Å²) in [5.41, 5.74) is 2.11. The summed E-state index contributed by atoms with van der Waals surface area (Å²) in [5.74, 6) is -0.274. The molecule has 0 aliphatic carbocycles. The van der Waals surface area contributed by atoms with Crippen molar-refractivity contribution in [1.82, 2.24) is 0 Å². The van der Waals surface area contributed by atoms with E-state index in [-0.39, 0.29) is 18.0 Å². The topological polar surface area (TPSA) is 32.7 Å². The minimum absolute atomic E-state index is 0.150. The highest BCUT2D eigenvalue weighted by atomic mass is 19.1. The van der Waals surface area contributed by atoms with Crippen molar-refractivity contribution < 1.29 is 14.2 Å². The molecule has 0 bridgehead atoms. The van der Waals surface area contributed by atoms with E-state index >= 15 is 0 Å². The lowest BCUT2D eigenvalue weighted by molar-refractivity contribution is 0.118. The van der Waals surface area contributed by atoms with Crippen molar-refractivity contribution in [3.05, 3.63) is 29.1 Å². The first-order valence-electron chi connectivity index (χ1n) is 6.74. The Hall–Kier alpha value is -1.13. The van der Waals surface area contributed by atoms with Gasteiger partial charge < -0.3 is 14.7 Å². The van der Waals surface area contributed by atoms with Crippen LogP contribution in [-0.4, -0.2) is 30.9 Å². The zero-order valence-corrected chi connectivity index (χ0v) is 12.0. The first-order chi connectivity index (χ1) is 8.91. The Morgan fingerprint density at radius 1 is 1.47 bits per heavy atom. The molecule has 3 nitrogen and oxygen atoms in total. The van der Waals surface area contributed by atoms with Crippen LogP contribution in [0, 0.1) is 12.7 Å². The molecule has 1 aliphatic heterocycles. The Kier molecular flexibility index (Phi) is 4.11. The van der Waals surface area contributed by atoms with Crippen molar-refractivity contribution in [1.29, 1.82) is 0 Å². The highest BCUT2D eigenvalue weighted by Crippen LogP contribution is 2.32. The van der Waals surface area contributed by atoms with Crippen molar-refractivity contribution in [3.8, 4) is 0 Å². The number of aliphatic hydroxyl groups excluding tert-OH is 1. The van der Waals surface area contributed by atoms with E-state index in [9.17, 15) is 9.50 Å². The second-order valence-electron chi connectivity index (χ2n) is 5.38. The molecule has 3 unspecified atom stereocenters. The number of rotatable bonds is 3. The Bertz CT molecular complexity index is 462. The number of ether oxygens (including phenoxy) is 1. The van der Waals surface area contributed by atoms with Gasteiger partial charge in [0.1, 0.15) is 5.82 Å². The molecule has 4 heteroatoms. The van der Waals surface area contributed by atoms with Crippen LogP contribution in [0.2, 0.25) is 0 Å². The molecule has 0 amide bonds. The standard InChI is InChI=1S/C15H22FNO2/c1-9-7-15(12(10(2)18)8-13(9)16)17(4)14-5-6-19-11(14)3/h7-8,10-11,14,18H,5-6H2,1-4H3. The molecule has 1 fully saturated rings. The number of hydrogen-bond acceptors (Lipinski definition) is 3. The zero-order chi connectivity index (χ0) is 14.2. The number of aryl methyl sites for hydroxylation is 1. The lowest BCUT2D eigenvalue weighted by Gasteiger charge is -2.31. The normalized spacial score (nSPS) is 24.5. The van der Waals surface area contributed by atoms with Gasteiger partial charge in [-0.2, -0.15) is 0 Å². The molecule has 19 heavy (non-hydrogen) atoms. The average Bonchev–Trinajstić information content (AvgIpc) is 2.77. The summed E-state index contributed by atoms with van der Waals surface area (Å²) in [6.07, 6.45) is 0.412. The van der Waals surface area contributed by atoms with Gasteiger partial charge >= 0.3 is 0 Å². The highest BCUT2D eigenvalue weighted by molar-refractivity contribution is 5.57. The Morgan fingerprint density at radius 3 is 2.68 bits per heavy atom. The summed E-state index contributed by atoms with van der Waals surface area (Å²) in [6, 6.07) is 3.51. The molecule has 1 aromatic rings. The van der Waals surface area contributed by atoms with E-state index in [0.717, 1.165) is 18.7 Å². The Morgan fingerprint density at radius 2 is 2.16 bits per heavy atom. The molecule has 2 rings (SSSR count). The monoisotopic (exact) mass is 267 g/mol. The molecular weight excluding hydrogens is 245 g/mol. The predicted molar refractivity (Wildman–Crippen MR) is 74.0 cm³/mol. The molecule has 1 N–H and O–H groups in total. The van der Waals surface area contributed by atoms with Crippen LogP contribution in [0.3, 0.4) is 0 Å². The summed E-state index contributed by atoms with van der Waals surface area (Å²) < 4.78 is 19.3. The third-order valence-electron chi connectivity index (χ3n) is 3.97. The molecule has 1 aliphatic rings. The van der Waals surface area contributed by atoms with Crippen LogP contribution in [0.5, 0.6) is 0 Å². The van der Waals surface area contributed by atoms with Crippen LogP contribution < -0.4 is 4.90 Å². The largest absolute Gasteiger partial charge is 0.389 e. The molecular formula is C15H22FNO2. The van der Waals surface area contributed by atoms with E-state index in [0.29, 0.717) is 11.1 Å². The van der Waals surface area contributed by atoms with Crippen molar-refractivity contribution in [2.75, 3.05) is 18.6 Å². The predicted octanol–water partition coefficient (Wildman–Crippen LogP) is 2.80. The van der Waals surface area contributed by atoms with E-state index in [1.54, 1.807) is 13.8 Å². The quantitative estimate of drug-likeness (QED) is 0.914. The Balaban J connectivity index is 2.39. The molecule has 1 heterocycles. The van der Waals surface area contributed by atoms with Gasteiger partial charge in [-0.3, -0.25) is 0 Å². The fourth-order valence-corrected chi connectivity index (χ4v) is 2.73. The molecule has 0 saturated carbocycles. The van der Waals surface area contributed by atoms with Crippen LogP contribution >= 0.6 is 0 Å². The average molecular weight is 267 g/mol. The van der Waals surface area contributed by atoms with E-state index in [1.165, 1.54) is 6.07 Å². The second kappa shape index (κ2) is 5.47. The second-order valence-corrected chi connectivity index (χ2v) is 5.38. The molecule has 0 aromatic heterocycles. The van der Waals surface area contributed by atoms with E-state index < -0.39 is 6.10 Å². The Labute approximate surface area is 114 Å². The fourth-order valence-electron chi connectivity index (χ4n) is 2.73. The summed E-state index contributed by atoms with van der Waals surface area (Å²) in [7, 11) is 1.98. The van der Waals surface area contributed by atoms with Crippen LogP contribution in [0.15, 0.2) is 12.1 Å². The molecule has 1 aromatic carbocycles. The first-order valence-corrected chi connectivity index (χ1v) is 6.74. The van der Waals surface area contributed by atoms with Crippen LogP contribution in [0.25, 0.3) is 0 Å². The molecule has 106 valence electrons. The summed E-state index contributed by atoms with van der Waals surface area (Å²) in [4.78, 5) is 2.10. The number of likely N-dealkylation sites (N-methyl/N-ethyl adjacent to an activating group) is 1. The molecule has 0 spiro atoms. The zero-order valence-electron chi connectivity index (χ0n) is 12.0. The van der Waals surface area contributed by atoms with E-state index in [4.69, 9.17) is 4.74 Å². The van der Waals surface area contributed by atoms with Crippen LogP contribution in [0.1, 0.15) is 37.5 Å². The maximum absolute atomic E-state index is 13.7. The number of halogens is 1. The lowest BCUT2D eigenvalue weighted by atomic mass is 10.0. The number of benzene rings is 1. The van der Waals surface area contributed by atoms with Crippen molar-refractivity contribution in [3.63, 3.8) is 0 Å². The number of hydrogen-bond donors (Lipinski definition) is 1. The third-order valence-corrected chi connectivity index (χ3v) is 3.97. The van der Waals surface area contributed by atoms with Crippen LogP contribution in [-0.2, 0) is 4.74 Å². The van der Waals surface area contributed by atoms with Gasteiger partial charge in [0.2, 0.25) is 0 Å². The van der Waals surface area contributed by atoms with Gasteiger partial charge in [-0.15, -0.1) is 0 Å². The van der Waals surface area contributed by atoms with Gasteiger partial charge in [0.05, 0.1) is 18.2 Å². The number of anilines is 1. The maximum Gasteiger partial charge on any atom is 0.126 e. The van der Waals surface area contributed by atoms with Gasteiger partial charge in [-0.1, -0.05) is 0 Å². The SMILES string of the molecule is Cc1cc(N(C)C2CCOC2C)c(C(C)O)cc1F. The van der Waals surface area contributed by atoms with Crippen molar-refractivity contribution >= 4 is 5.69 Å². The minimum Gasteiger partial charge on any atom is -0.389 e. The van der Waals surface area contributed by atoms with Gasteiger partial charge in [-0.05, 0) is 44.9 Å². The molecule has 3 atom stereocenters. The van der Waals surface area contributed by atoms with Crippen molar-refractivity contribution in [2.24, 2.45) is 0 Å². The van der Waals surface area contributed by atoms with Gasteiger partial charge in [0, 0.05) is 24.9 Å². The fraction of sp³-hybridized carbons (Fsp3) is 0.600. The van der Waals surface area contributed by atoms with Gasteiger partial charge in [0.25, 0.3) is 0 Å². The summed E-state index contributed by atoms with van der Waals surface area (Å²) in [5, 5.41) is 9.85. The number of nitrogens with zero attached hydrogens (tertiary/aromatic N) is 1. The van der Waals surface area contributed by atoms with Crippen molar-refractivity contribution in [2.45, 2.75) is 45.4 Å².